The Balaban J connectivity index is 1.74. The summed E-state index contributed by atoms with van der Waals surface area (Å²) >= 11 is 7.71. The van der Waals surface area contributed by atoms with E-state index < -0.39 is 0 Å². The van der Waals surface area contributed by atoms with Gasteiger partial charge in [-0.2, -0.15) is 4.52 Å². The van der Waals surface area contributed by atoms with Gasteiger partial charge in [-0.15, -0.1) is 5.10 Å². The number of amides is 1. The summed E-state index contributed by atoms with van der Waals surface area (Å²) in [6, 6.07) is 7.62. The second kappa shape index (κ2) is 7.69. The number of piperidine rings is 1. The van der Waals surface area contributed by atoms with Gasteiger partial charge in [0.25, 0.3) is 0 Å². The van der Waals surface area contributed by atoms with Crippen LogP contribution in [-0.2, 0) is 11.2 Å². The summed E-state index contributed by atoms with van der Waals surface area (Å²) in [7, 11) is 0. The minimum Gasteiger partial charge on any atom is -0.492 e. The first kappa shape index (κ1) is 19.2. The first-order valence-electron chi connectivity index (χ1n) is 9.44. The van der Waals surface area contributed by atoms with Gasteiger partial charge in [-0.05, 0) is 12.1 Å². The van der Waals surface area contributed by atoms with Gasteiger partial charge in [-0.25, -0.2) is 4.98 Å². The predicted octanol–water partition coefficient (Wildman–Crippen LogP) is 1.58. The van der Waals surface area contributed by atoms with E-state index in [2.05, 4.69) is 10.1 Å². The number of fused-ring (bicyclic) bond motifs is 1. The lowest BCUT2D eigenvalue weighted by Crippen LogP contribution is -3.13. The largest absolute Gasteiger partial charge is 0.492 e. The van der Waals surface area contributed by atoms with Crippen LogP contribution in [0.1, 0.15) is 42.1 Å². The highest BCUT2D eigenvalue weighted by Gasteiger charge is 2.36. The van der Waals surface area contributed by atoms with Gasteiger partial charge >= 0.3 is 0 Å². The molecule has 0 unspecified atom stereocenters. The van der Waals surface area contributed by atoms with Crippen LogP contribution in [-0.4, -0.2) is 38.7 Å². The van der Waals surface area contributed by atoms with E-state index in [0.717, 1.165) is 36.4 Å². The molecule has 4 N–H and O–H groups in total. The number of halogens is 1. The number of nitrogens with two attached hydrogens (primary N) is 1. The summed E-state index contributed by atoms with van der Waals surface area (Å²) in [6.07, 6.45) is 2.19. The number of nitrogens with one attached hydrogen (secondary N) is 1. The smallest absolute Gasteiger partial charge is 0.235 e. The van der Waals surface area contributed by atoms with E-state index in [1.54, 1.807) is 0 Å². The summed E-state index contributed by atoms with van der Waals surface area (Å²) in [4.78, 5) is 18.8. The average Bonchev–Trinajstić information content (AvgIpc) is 3.22. The van der Waals surface area contributed by atoms with E-state index in [-0.39, 0.29) is 23.7 Å². The molecule has 1 aliphatic rings. The topological polar surface area (TPSA) is 98.0 Å². The van der Waals surface area contributed by atoms with Crippen molar-refractivity contribution < 1.29 is 14.8 Å². The summed E-state index contributed by atoms with van der Waals surface area (Å²) in [6.45, 7) is 3.56. The number of hydrogen-bond donors (Lipinski definition) is 3. The van der Waals surface area contributed by atoms with Crippen molar-refractivity contribution in [2.75, 3.05) is 13.1 Å². The first-order valence-corrected chi connectivity index (χ1v) is 10.6. The summed E-state index contributed by atoms with van der Waals surface area (Å²) in [5.41, 5.74) is 6.52. The zero-order valence-corrected chi connectivity index (χ0v) is 17.1. The predicted molar refractivity (Wildman–Crippen MR) is 108 cm³/mol. The number of carbonyl (C=O) groups excluding carboxylic acids is 1. The zero-order chi connectivity index (χ0) is 19.8. The van der Waals surface area contributed by atoms with E-state index in [9.17, 15) is 9.90 Å². The Hall–Kier alpha value is -2.16. The lowest BCUT2D eigenvalue weighted by atomic mass is 9.93. The Morgan fingerprint density at radius 1 is 1.46 bits per heavy atom. The minimum absolute atomic E-state index is 0.0770. The number of aryl methyl sites for hydroxylation is 1. The van der Waals surface area contributed by atoms with E-state index in [0.29, 0.717) is 22.2 Å². The molecule has 4 rings (SSSR count). The Kier molecular flexibility index (Phi) is 5.27. The maximum absolute atomic E-state index is 11.6. The third kappa shape index (κ3) is 3.47. The number of hydrogen-bond acceptors (Lipinski definition) is 5. The Bertz CT molecular complexity index is 1010. The number of benzene rings is 1. The molecule has 0 saturated carbocycles. The molecule has 1 fully saturated rings. The van der Waals surface area contributed by atoms with Gasteiger partial charge in [0.1, 0.15) is 4.88 Å². The van der Waals surface area contributed by atoms with Crippen LogP contribution in [0.5, 0.6) is 5.88 Å². The van der Waals surface area contributed by atoms with Crippen molar-refractivity contribution in [2.45, 2.75) is 32.2 Å². The number of carbonyl (C=O) groups is 1. The fourth-order valence-corrected chi connectivity index (χ4v) is 5.31. The molecule has 3 aromatic rings. The van der Waals surface area contributed by atoms with Gasteiger partial charge in [0.15, 0.2) is 11.9 Å². The second-order valence-corrected chi connectivity index (χ2v) is 8.63. The third-order valence-corrected chi connectivity index (χ3v) is 6.76. The SMILES string of the molecule is CCc1nc2sc([C@@H](c3cccc(Cl)c3)[NH+]3CCC(C(N)=O)CC3)c(O)n2n1. The van der Waals surface area contributed by atoms with Gasteiger partial charge in [0.2, 0.25) is 16.7 Å². The van der Waals surface area contributed by atoms with Crippen LogP contribution < -0.4 is 10.6 Å². The molecule has 1 saturated heterocycles. The Morgan fingerprint density at radius 3 is 2.82 bits per heavy atom. The zero-order valence-electron chi connectivity index (χ0n) is 15.6. The number of thiazole rings is 1. The quantitative estimate of drug-likeness (QED) is 0.583. The molecule has 7 nitrogen and oxygen atoms in total. The molecule has 0 spiro atoms. The Labute approximate surface area is 171 Å². The van der Waals surface area contributed by atoms with Crippen LogP contribution in [0.4, 0.5) is 0 Å². The fraction of sp³-hybridized carbons (Fsp3) is 0.421. The second-order valence-electron chi connectivity index (χ2n) is 7.19. The standard InChI is InChI=1S/C19H22ClN5O2S/c1-2-14-22-19-25(23-14)18(27)16(28-19)15(12-4-3-5-13(20)10-12)24-8-6-11(7-9-24)17(21)26/h3-5,10-11,15,27H,2,6-9H2,1H3,(H2,21,26)/p+1/t15-/m1/s1. The molecule has 1 atom stereocenters. The normalized spacial score (nSPS) is 21.1. The summed E-state index contributed by atoms with van der Waals surface area (Å²) in [5, 5.41) is 16.0. The van der Waals surface area contributed by atoms with Crippen molar-refractivity contribution >= 4 is 33.8 Å². The number of aromatic hydroxyl groups is 1. The van der Waals surface area contributed by atoms with E-state index in [4.69, 9.17) is 17.3 Å². The molecule has 0 aliphatic carbocycles. The molecular weight excluding hydrogens is 398 g/mol. The lowest BCUT2D eigenvalue weighted by molar-refractivity contribution is -0.930. The number of likely N-dealkylation sites (tertiary alicyclic amines) is 1. The highest BCUT2D eigenvalue weighted by molar-refractivity contribution is 7.17. The highest BCUT2D eigenvalue weighted by atomic mass is 35.5. The molecule has 0 radical (unpaired) electrons. The maximum atomic E-state index is 11.6. The number of nitrogens with zero attached hydrogens (tertiary/aromatic N) is 3. The van der Waals surface area contributed by atoms with Gasteiger partial charge in [-0.1, -0.05) is 42.0 Å². The number of primary amides is 1. The molecule has 28 heavy (non-hydrogen) atoms. The molecule has 1 amide bonds. The van der Waals surface area contributed by atoms with Crippen LogP contribution in [0, 0.1) is 5.92 Å². The van der Waals surface area contributed by atoms with Crippen molar-refractivity contribution in [3.05, 3.63) is 45.6 Å². The van der Waals surface area contributed by atoms with Crippen LogP contribution in [0.25, 0.3) is 4.96 Å². The van der Waals surface area contributed by atoms with Crippen LogP contribution >= 0.6 is 22.9 Å². The highest BCUT2D eigenvalue weighted by Crippen LogP contribution is 2.36. The molecule has 1 aromatic carbocycles. The van der Waals surface area contributed by atoms with E-state index in [1.165, 1.54) is 20.8 Å². The molecule has 2 aromatic heterocycles. The molecular formula is C19H23ClN5O2S+. The monoisotopic (exact) mass is 420 g/mol. The van der Waals surface area contributed by atoms with Gasteiger partial charge < -0.3 is 15.7 Å². The first-order chi connectivity index (χ1) is 13.5. The Morgan fingerprint density at radius 2 is 2.21 bits per heavy atom. The molecule has 9 heteroatoms. The van der Waals surface area contributed by atoms with E-state index >= 15 is 0 Å². The van der Waals surface area contributed by atoms with E-state index in [1.807, 2.05) is 31.2 Å². The van der Waals surface area contributed by atoms with Gasteiger partial charge in [0, 0.05) is 35.8 Å². The lowest BCUT2D eigenvalue weighted by Gasteiger charge is -2.33. The van der Waals surface area contributed by atoms with Gasteiger partial charge in [0.05, 0.1) is 13.1 Å². The van der Waals surface area contributed by atoms with Crippen molar-refractivity contribution in [3.63, 3.8) is 0 Å². The average molecular weight is 421 g/mol. The van der Waals surface area contributed by atoms with Crippen molar-refractivity contribution in [3.8, 4) is 5.88 Å². The molecule has 1 aliphatic heterocycles. The van der Waals surface area contributed by atoms with Crippen molar-refractivity contribution in [1.29, 1.82) is 0 Å². The van der Waals surface area contributed by atoms with Crippen LogP contribution in [0.3, 0.4) is 0 Å². The fourth-order valence-electron chi connectivity index (χ4n) is 3.95. The van der Waals surface area contributed by atoms with Gasteiger partial charge in [-0.3, -0.25) is 4.79 Å². The molecule has 0 bridgehead atoms. The summed E-state index contributed by atoms with van der Waals surface area (Å²) in [5.74, 6) is 0.530. The third-order valence-electron chi connectivity index (χ3n) is 5.44. The van der Waals surface area contributed by atoms with Crippen LogP contribution in [0.15, 0.2) is 24.3 Å². The molecule has 148 valence electrons. The minimum atomic E-state index is -0.230. The number of rotatable bonds is 5. The van der Waals surface area contributed by atoms with Crippen molar-refractivity contribution in [2.24, 2.45) is 11.7 Å². The summed E-state index contributed by atoms with van der Waals surface area (Å²) < 4.78 is 1.52. The maximum Gasteiger partial charge on any atom is 0.235 e. The molecule has 3 heterocycles. The van der Waals surface area contributed by atoms with Crippen LogP contribution in [0.2, 0.25) is 5.02 Å². The number of quaternary nitrogens is 1. The number of aromatic nitrogens is 3. The van der Waals surface area contributed by atoms with Crippen molar-refractivity contribution in [1.82, 2.24) is 14.6 Å².